The fourth-order valence-electron chi connectivity index (χ4n) is 1.84. The lowest BCUT2D eigenvalue weighted by Crippen LogP contribution is -2.02. The van der Waals surface area contributed by atoms with Crippen LogP contribution in [0.5, 0.6) is 34.5 Å². The predicted octanol–water partition coefficient (Wildman–Crippen LogP) is 1.45. The van der Waals surface area contributed by atoms with E-state index in [1.54, 1.807) is 0 Å². The van der Waals surface area contributed by atoms with Crippen LogP contribution >= 0.6 is 0 Å². The fourth-order valence-corrected chi connectivity index (χ4v) is 1.84. The van der Waals surface area contributed by atoms with Crippen molar-refractivity contribution in [1.82, 2.24) is 0 Å². The molecule has 0 saturated carbocycles. The Bertz CT molecular complexity index is 698. The number of carbonyl (C=O) groups is 1. The maximum Gasteiger partial charge on any atom is 0.203 e. The summed E-state index contributed by atoms with van der Waals surface area (Å²) < 4.78 is 4.78. The first-order chi connectivity index (χ1) is 9.86. The molecule has 110 valence electrons. The molecule has 0 fully saturated rings. The van der Waals surface area contributed by atoms with E-state index in [2.05, 4.69) is 0 Å². The van der Waals surface area contributed by atoms with Gasteiger partial charge in [-0.05, 0) is 24.3 Å². The minimum Gasteiger partial charge on any atom is -0.504 e. The molecule has 2 rings (SSSR count). The second-order valence-electron chi connectivity index (χ2n) is 4.21. The lowest BCUT2D eigenvalue weighted by Gasteiger charge is -2.10. The summed E-state index contributed by atoms with van der Waals surface area (Å²) in [6.45, 7) is 0. The van der Waals surface area contributed by atoms with E-state index in [9.17, 15) is 30.3 Å². The molecule has 0 aliphatic rings. The van der Waals surface area contributed by atoms with Gasteiger partial charge in [-0.15, -0.1) is 0 Å². The van der Waals surface area contributed by atoms with Crippen LogP contribution in [-0.4, -0.2) is 38.4 Å². The largest absolute Gasteiger partial charge is 0.504 e. The highest BCUT2D eigenvalue weighted by molar-refractivity contribution is 6.11. The van der Waals surface area contributed by atoms with Crippen LogP contribution in [0.3, 0.4) is 0 Å². The second-order valence-corrected chi connectivity index (χ2v) is 4.21. The van der Waals surface area contributed by atoms with Gasteiger partial charge in [0, 0.05) is 5.56 Å². The van der Waals surface area contributed by atoms with Gasteiger partial charge in [0.1, 0.15) is 0 Å². The van der Waals surface area contributed by atoms with E-state index in [0.717, 1.165) is 24.3 Å². The first-order valence-corrected chi connectivity index (χ1v) is 5.75. The van der Waals surface area contributed by atoms with Crippen molar-refractivity contribution in [2.75, 3.05) is 7.11 Å². The number of rotatable bonds is 3. The molecule has 0 aliphatic carbocycles. The average Bonchev–Trinajstić information content (AvgIpc) is 2.44. The molecule has 21 heavy (non-hydrogen) atoms. The number of aromatic hydroxyl groups is 5. The maximum atomic E-state index is 12.3. The number of hydrogen-bond acceptors (Lipinski definition) is 7. The monoisotopic (exact) mass is 292 g/mol. The number of carbonyl (C=O) groups excluding carboxylic acids is 1. The topological polar surface area (TPSA) is 127 Å². The summed E-state index contributed by atoms with van der Waals surface area (Å²) >= 11 is 0. The number of benzene rings is 2. The van der Waals surface area contributed by atoms with Gasteiger partial charge in [-0.2, -0.15) is 0 Å². The second kappa shape index (κ2) is 5.12. The molecule has 2 aromatic carbocycles. The zero-order chi connectivity index (χ0) is 15.7. The van der Waals surface area contributed by atoms with Gasteiger partial charge >= 0.3 is 0 Å². The van der Waals surface area contributed by atoms with E-state index in [1.807, 2.05) is 0 Å². The van der Waals surface area contributed by atoms with Crippen LogP contribution in [0.2, 0.25) is 0 Å². The SMILES string of the molecule is COc1c(O)ccc(C(=O)c2cc(O)c(O)c(O)c2)c1O. The van der Waals surface area contributed by atoms with E-state index in [1.165, 1.54) is 7.11 Å². The Labute approximate surface area is 118 Å². The maximum absolute atomic E-state index is 12.3. The van der Waals surface area contributed by atoms with Crippen molar-refractivity contribution < 1.29 is 35.1 Å². The molecule has 0 atom stereocenters. The summed E-state index contributed by atoms with van der Waals surface area (Å²) in [7, 11) is 1.21. The molecule has 0 saturated heterocycles. The number of ketones is 1. The van der Waals surface area contributed by atoms with Crippen molar-refractivity contribution in [2.24, 2.45) is 0 Å². The zero-order valence-corrected chi connectivity index (χ0v) is 10.9. The van der Waals surface area contributed by atoms with Crippen LogP contribution in [0.25, 0.3) is 0 Å². The highest BCUT2D eigenvalue weighted by Crippen LogP contribution is 2.40. The highest BCUT2D eigenvalue weighted by Gasteiger charge is 2.21. The van der Waals surface area contributed by atoms with Crippen LogP contribution in [0, 0.1) is 0 Å². The number of hydrogen-bond donors (Lipinski definition) is 5. The van der Waals surface area contributed by atoms with Crippen molar-refractivity contribution in [1.29, 1.82) is 0 Å². The normalized spacial score (nSPS) is 10.3. The molecule has 7 heteroatoms. The van der Waals surface area contributed by atoms with Gasteiger partial charge in [0.15, 0.2) is 34.5 Å². The van der Waals surface area contributed by atoms with Crippen LogP contribution in [0.4, 0.5) is 0 Å². The fraction of sp³-hybridized carbons (Fsp3) is 0.0714. The molecule has 0 aliphatic heterocycles. The smallest absolute Gasteiger partial charge is 0.203 e. The molecule has 0 radical (unpaired) electrons. The summed E-state index contributed by atoms with van der Waals surface area (Å²) in [5.41, 5.74) is -0.361. The zero-order valence-electron chi connectivity index (χ0n) is 10.9. The first-order valence-electron chi connectivity index (χ1n) is 5.75. The Morgan fingerprint density at radius 3 is 2.00 bits per heavy atom. The van der Waals surface area contributed by atoms with Gasteiger partial charge in [0.05, 0.1) is 12.7 Å². The standard InChI is InChI=1S/C14H12O7/c1-21-14-8(15)3-2-7(12(14)19)11(18)6-4-9(16)13(20)10(17)5-6/h2-5,15-17,19-20H,1H3. The van der Waals surface area contributed by atoms with Crippen molar-refractivity contribution >= 4 is 5.78 Å². The summed E-state index contributed by atoms with van der Waals surface area (Å²) in [6, 6.07) is 4.20. The Kier molecular flexibility index (Phi) is 3.49. The van der Waals surface area contributed by atoms with E-state index >= 15 is 0 Å². The summed E-state index contributed by atoms with van der Waals surface area (Å²) in [5, 5.41) is 47.4. The molecule has 5 N–H and O–H groups in total. The minimum atomic E-state index is -0.751. The first kappa shape index (κ1) is 14.3. The molecule has 7 nitrogen and oxygen atoms in total. The molecule has 0 unspecified atom stereocenters. The summed E-state index contributed by atoms with van der Waals surface area (Å²) in [5.74, 6) is -4.03. The van der Waals surface area contributed by atoms with Crippen LogP contribution in [0.1, 0.15) is 15.9 Å². The van der Waals surface area contributed by atoms with Gasteiger partial charge in [-0.1, -0.05) is 0 Å². The third-order valence-corrected chi connectivity index (χ3v) is 2.89. The average molecular weight is 292 g/mol. The summed E-state index contributed by atoms with van der Waals surface area (Å²) in [4.78, 5) is 12.3. The van der Waals surface area contributed by atoms with Gasteiger partial charge in [0.25, 0.3) is 0 Å². The van der Waals surface area contributed by atoms with Gasteiger partial charge in [0.2, 0.25) is 5.75 Å². The van der Waals surface area contributed by atoms with Crippen LogP contribution in [-0.2, 0) is 0 Å². The third kappa shape index (κ3) is 2.36. The van der Waals surface area contributed by atoms with Gasteiger partial charge < -0.3 is 30.3 Å². The number of phenolic OH excluding ortho intramolecular Hbond substituents is 5. The molecule has 0 aromatic heterocycles. The van der Waals surface area contributed by atoms with E-state index in [0.29, 0.717) is 0 Å². The number of phenols is 5. The van der Waals surface area contributed by atoms with E-state index in [4.69, 9.17) is 4.74 Å². The molecule has 2 aromatic rings. The Morgan fingerprint density at radius 2 is 1.48 bits per heavy atom. The van der Waals surface area contributed by atoms with Gasteiger partial charge in [-0.25, -0.2) is 0 Å². The Balaban J connectivity index is 2.55. The lowest BCUT2D eigenvalue weighted by atomic mass is 10.0. The minimum absolute atomic E-state index is 0.161. The van der Waals surface area contributed by atoms with Crippen LogP contribution < -0.4 is 4.74 Å². The van der Waals surface area contributed by atoms with Crippen molar-refractivity contribution in [2.45, 2.75) is 0 Å². The lowest BCUT2D eigenvalue weighted by molar-refractivity contribution is 0.103. The van der Waals surface area contributed by atoms with Gasteiger partial charge in [-0.3, -0.25) is 4.79 Å². The van der Waals surface area contributed by atoms with E-state index in [-0.39, 0.29) is 22.6 Å². The van der Waals surface area contributed by atoms with Crippen LogP contribution in [0.15, 0.2) is 24.3 Å². The molecule has 0 amide bonds. The van der Waals surface area contributed by atoms with Crippen molar-refractivity contribution in [3.8, 4) is 34.5 Å². The molecule has 0 heterocycles. The Hall–Kier alpha value is -3.09. The van der Waals surface area contributed by atoms with Crippen molar-refractivity contribution in [3.63, 3.8) is 0 Å². The summed E-state index contributed by atoms with van der Waals surface area (Å²) in [6.07, 6.45) is 0. The molecular weight excluding hydrogens is 280 g/mol. The number of methoxy groups -OCH3 is 1. The third-order valence-electron chi connectivity index (χ3n) is 2.89. The Morgan fingerprint density at radius 1 is 0.905 bits per heavy atom. The quantitative estimate of drug-likeness (QED) is 0.428. The predicted molar refractivity (Wildman–Crippen MR) is 71.2 cm³/mol. The molecule has 0 bridgehead atoms. The van der Waals surface area contributed by atoms with E-state index < -0.39 is 28.8 Å². The molecular formula is C14H12O7. The number of ether oxygens (including phenoxy) is 1. The molecule has 0 spiro atoms. The highest BCUT2D eigenvalue weighted by atomic mass is 16.5. The van der Waals surface area contributed by atoms with Crippen molar-refractivity contribution in [3.05, 3.63) is 35.4 Å².